The summed E-state index contributed by atoms with van der Waals surface area (Å²) in [6.07, 6.45) is 2.12. The molecule has 3 aliphatic carbocycles. The molecule has 3 fully saturated rings. The van der Waals surface area contributed by atoms with Gasteiger partial charge in [-0.3, -0.25) is 0 Å². The van der Waals surface area contributed by atoms with Gasteiger partial charge in [0.2, 0.25) is 0 Å². The van der Waals surface area contributed by atoms with Crippen LogP contribution in [0.1, 0.15) is 38.7 Å². The molecule has 3 aliphatic rings. The molecular weight excluding hydrogens is 218 g/mol. The van der Waals surface area contributed by atoms with Gasteiger partial charge in [0.05, 0.1) is 0 Å². The molecule has 0 unspecified atom stereocenters. The molecule has 0 aromatic heterocycles. The van der Waals surface area contributed by atoms with E-state index in [0.717, 1.165) is 0 Å². The number of halogens is 2. The third kappa shape index (κ3) is 1.22. The summed E-state index contributed by atoms with van der Waals surface area (Å²) in [5.41, 5.74) is -0.298. The van der Waals surface area contributed by atoms with E-state index >= 15 is 0 Å². The molecule has 17 heavy (non-hydrogen) atoms. The van der Waals surface area contributed by atoms with Crippen molar-refractivity contribution in [1.29, 1.82) is 0 Å². The lowest BCUT2D eigenvalue weighted by atomic mass is 9.30. The Kier molecular flexibility index (Phi) is 2.04. The lowest BCUT2D eigenvalue weighted by molar-refractivity contribution is -0.335. The largest absolute Gasteiger partial charge is 0.278 e. The molecule has 0 amide bonds. The fraction of sp³-hybridized carbons (Fsp3) is 0.600. The van der Waals surface area contributed by atoms with Gasteiger partial charge in [-0.15, -0.1) is 0 Å². The zero-order valence-electron chi connectivity index (χ0n) is 10.3. The van der Waals surface area contributed by atoms with Gasteiger partial charge in [-0.25, -0.2) is 8.78 Å². The first kappa shape index (κ1) is 11.2. The van der Waals surface area contributed by atoms with Gasteiger partial charge < -0.3 is 0 Å². The maximum atomic E-state index is 14.5. The summed E-state index contributed by atoms with van der Waals surface area (Å²) >= 11 is 0. The normalized spacial score (nSPS) is 35.4. The molecule has 2 bridgehead atoms. The third-order valence-corrected chi connectivity index (χ3v) is 5.10. The van der Waals surface area contributed by atoms with Crippen molar-refractivity contribution in [2.75, 3.05) is 0 Å². The molecular formula is C15H18F2. The lowest BCUT2D eigenvalue weighted by Gasteiger charge is -2.74. The Morgan fingerprint density at radius 1 is 1.06 bits per heavy atom. The molecule has 1 aromatic rings. The highest BCUT2D eigenvalue weighted by Crippen LogP contribution is 2.82. The molecule has 0 nitrogen and oxygen atoms in total. The smallest absolute Gasteiger partial charge is 0.201 e. The summed E-state index contributed by atoms with van der Waals surface area (Å²) in [5.74, 6) is -2.11. The average Bonchev–Trinajstić information content (AvgIpc) is 2.13. The van der Waals surface area contributed by atoms with Gasteiger partial charge in [0.25, 0.3) is 5.92 Å². The fourth-order valence-corrected chi connectivity index (χ4v) is 3.77. The Labute approximate surface area is 101 Å². The Bertz CT molecular complexity index is 414. The zero-order valence-corrected chi connectivity index (χ0v) is 10.3. The van der Waals surface area contributed by atoms with Crippen molar-refractivity contribution in [3.05, 3.63) is 35.9 Å². The summed E-state index contributed by atoms with van der Waals surface area (Å²) in [7, 11) is 0. The lowest BCUT2D eigenvalue weighted by Crippen LogP contribution is -2.69. The van der Waals surface area contributed by atoms with Gasteiger partial charge in [-0.2, -0.15) is 0 Å². The third-order valence-electron chi connectivity index (χ3n) is 5.10. The van der Waals surface area contributed by atoms with Crippen LogP contribution in [0.25, 0.3) is 0 Å². The number of rotatable bonds is 3. The second kappa shape index (κ2) is 3.09. The van der Waals surface area contributed by atoms with Crippen LogP contribution in [0.2, 0.25) is 0 Å². The molecule has 0 N–H and O–H groups in total. The van der Waals surface area contributed by atoms with E-state index in [4.69, 9.17) is 0 Å². The van der Waals surface area contributed by atoms with Crippen LogP contribution in [-0.2, 0) is 5.92 Å². The van der Waals surface area contributed by atoms with Gasteiger partial charge in [0, 0.05) is 11.0 Å². The van der Waals surface area contributed by atoms with Crippen molar-refractivity contribution in [2.45, 2.75) is 39.0 Å². The average molecular weight is 236 g/mol. The van der Waals surface area contributed by atoms with E-state index in [1.54, 1.807) is 30.3 Å². The van der Waals surface area contributed by atoms with Crippen molar-refractivity contribution in [3.63, 3.8) is 0 Å². The quantitative estimate of drug-likeness (QED) is 0.719. The van der Waals surface area contributed by atoms with E-state index in [9.17, 15) is 8.78 Å². The molecule has 0 heterocycles. The number of hydrogen-bond donors (Lipinski definition) is 0. The molecule has 1 aromatic carbocycles. The van der Waals surface area contributed by atoms with E-state index in [1.807, 2.05) is 0 Å². The first-order valence-electron chi connectivity index (χ1n) is 6.35. The minimum atomic E-state index is -2.65. The Balaban J connectivity index is 1.84. The first-order chi connectivity index (χ1) is 7.92. The van der Waals surface area contributed by atoms with Crippen LogP contribution in [0.3, 0.4) is 0 Å². The highest BCUT2D eigenvalue weighted by molar-refractivity contribution is 5.31. The molecule has 0 radical (unpaired) electrons. The first-order valence-corrected chi connectivity index (χ1v) is 6.35. The molecule has 2 heteroatoms. The van der Waals surface area contributed by atoms with Crippen LogP contribution >= 0.6 is 0 Å². The minimum Gasteiger partial charge on any atom is -0.201 e. The number of benzene rings is 1. The zero-order chi connectivity index (χ0) is 12.3. The van der Waals surface area contributed by atoms with Crippen molar-refractivity contribution in [3.8, 4) is 0 Å². The maximum Gasteiger partial charge on any atom is 0.278 e. The highest BCUT2D eigenvalue weighted by atomic mass is 19.3. The number of hydrogen-bond acceptors (Lipinski definition) is 0. The standard InChI is InChI=1S/C15H18F2/c1-11(2)13-8-14(9-13,10-13)15(16,17)12-6-4-3-5-7-12/h3-7,11H,8-10H2,1-2H3. The van der Waals surface area contributed by atoms with Gasteiger partial charge in [-0.05, 0) is 30.6 Å². The molecule has 4 rings (SSSR count). The van der Waals surface area contributed by atoms with E-state index in [0.29, 0.717) is 25.2 Å². The predicted octanol–water partition coefficient (Wildman–Crippen LogP) is 4.60. The van der Waals surface area contributed by atoms with Crippen LogP contribution in [0.15, 0.2) is 30.3 Å². The summed E-state index contributed by atoms with van der Waals surface area (Å²) in [6, 6.07) is 8.31. The van der Waals surface area contributed by atoms with Gasteiger partial charge in [0.15, 0.2) is 0 Å². The molecule has 0 aliphatic heterocycles. The molecule has 0 atom stereocenters. The number of alkyl halides is 2. The van der Waals surface area contributed by atoms with Gasteiger partial charge in [-0.1, -0.05) is 44.2 Å². The predicted molar refractivity (Wildman–Crippen MR) is 63.9 cm³/mol. The monoisotopic (exact) mass is 236 g/mol. The highest BCUT2D eigenvalue weighted by Gasteiger charge is 2.77. The van der Waals surface area contributed by atoms with Crippen molar-refractivity contribution in [1.82, 2.24) is 0 Å². The molecule has 3 saturated carbocycles. The minimum absolute atomic E-state index is 0.192. The molecule has 0 spiro atoms. The van der Waals surface area contributed by atoms with Gasteiger partial charge in [0.1, 0.15) is 0 Å². The van der Waals surface area contributed by atoms with Crippen LogP contribution in [0.5, 0.6) is 0 Å². The Morgan fingerprint density at radius 3 is 2.06 bits per heavy atom. The van der Waals surface area contributed by atoms with E-state index in [-0.39, 0.29) is 11.0 Å². The van der Waals surface area contributed by atoms with Crippen LogP contribution in [0, 0.1) is 16.7 Å². The molecule has 0 saturated heterocycles. The fourth-order valence-electron chi connectivity index (χ4n) is 3.77. The van der Waals surface area contributed by atoms with Crippen LogP contribution in [-0.4, -0.2) is 0 Å². The van der Waals surface area contributed by atoms with Crippen LogP contribution < -0.4 is 0 Å². The van der Waals surface area contributed by atoms with E-state index in [1.165, 1.54) is 0 Å². The summed E-state index contributed by atoms with van der Waals surface area (Å²) in [4.78, 5) is 0. The molecule has 92 valence electrons. The second-order valence-electron chi connectivity index (χ2n) is 6.27. The van der Waals surface area contributed by atoms with E-state index < -0.39 is 11.3 Å². The Morgan fingerprint density at radius 2 is 1.59 bits per heavy atom. The SMILES string of the molecule is CC(C)C12CC(C(F)(F)c3ccccc3)(C1)C2. The summed E-state index contributed by atoms with van der Waals surface area (Å²) in [5, 5.41) is 0. The summed E-state index contributed by atoms with van der Waals surface area (Å²) in [6.45, 7) is 4.31. The Hall–Kier alpha value is -0.920. The van der Waals surface area contributed by atoms with Gasteiger partial charge >= 0.3 is 0 Å². The van der Waals surface area contributed by atoms with Crippen molar-refractivity contribution in [2.24, 2.45) is 16.7 Å². The second-order valence-corrected chi connectivity index (χ2v) is 6.27. The van der Waals surface area contributed by atoms with Crippen molar-refractivity contribution >= 4 is 0 Å². The van der Waals surface area contributed by atoms with Crippen molar-refractivity contribution < 1.29 is 8.78 Å². The van der Waals surface area contributed by atoms with E-state index in [2.05, 4.69) is 13.8 Å². The maximum absolute atomic E-state index is 14.5. The van der Waals surface area contributed by atoms with Crippen LogP contribution in [0.4, 0.5) is 8.78 Å². The topological polar surface area (TPSA) is 0 Å². The summed E-state index contributed by atoms with van der Waals surface area (Å²) < 4.78 is 28.9.